The van der Waals surface area contributed by atoms with Gasteiger partial charge in [-0.25, -0.2) is 0 Å². The Labute approximate surface area is 179 Å². The molecule has 2 aromatic rings. The molecule has 1 aromatic heterocycles. The first-order chi connectivity index (χ1) is 12.7. The highest BCUT2D eigenvalue weighted by molar-refractivity contribution is 14.0. The molecule has 1 aromatic carbocycles. The van der Waals surface area contributed by atoms with Gasteiger partial charge in [0.2, 0.25) is 0 Å². The summed E-state index contributed by atoms with van der Waals surface area (Å²) in [6.07, 6.45) is 4.36. The minimum atomic E-state index is 0. The van der Waals surface area contributed by atoms with Crippen molar-refractivity contribution in [2.24, 2.45) is 4.99 Å². The average Bonchev–Trinajstić information content (AvgIpc) is 3.30. The summed E-state index contributed by atoms with van der Waals surface area (Å²) in [4.78, 5) is 4.38. The topological polar surface area (TPSA) is 67.1 Å². The summed E-state index contributed by atoms with van der Waals surface area (Å²) in [5, 5.41) is 15.5. The normalized spacial score (nSPS) is 13.8. The highest BCUT2D eigenvalue weighted by Crippen LogP contribution is 2.30. The summed E-state index contributed by atoms with van der Waals surface area (Å²) < 4.78 is 2.21. The zero-order valence-electron chi connectivity index (χ0n) is 16.5. The predicted molar refractivity (Wildman–Crippen MR) is 121 cm³/mol. The number of aliphatic imine (C=N–C) groups is 1. The molecule has 0 unspecified atom stereocenters. The van der Waals surface area contributed by atoms with Crippen molar-refractivity contribution in [2.45, 2.75) is 58.0 Å². The van der Waals surface area contributed by atoms with Gasteiger partial charge in [0.1, 0.15) is 5.82 Å². The SMILES string of the molecule is CCC(CC)(CNC(=NC)NCc1nnc2n1CCC2)c1ccccc1.I. The standard InChI is InChI=1S/C20H30N6.HI/c1-4-20(5-2,16-10-7-6-8-11-16)15-23-19(21-3)22-14-18-25-24-17-12-9-13-26(17)18;/h6-8,10-11H,4-5,9,12-15H2,1-3H3,(H2,21,22,23);1H. The number of hydrogen-bond acceptors (Lipinski definition) is 3. The van der Waals surface area contributed by atoms with Crippen molar-refractivity contribution in [3.8, 4) is 0 Å². The van der Waals surface area contributed by atoms with Crippen LogP contribution in [0.5, 0.6) is 0 Å². The molecule has 148 valence electrons. The van der Waals surface area contributed by atoms with Crippen LogP contribution >= 0.6 is 24.0 Å². The minimum absolute atomic E-state index is 0. The molecule has 0 atom stereocenters. The lowest BCUT2D eigenvalue weighted by atomic mass is 9.76. The van der Waals surface area contributed by atoms with Crippen LogP contribution in [0.1, 0.15) is 50.3 Å². The molecule has 0 spiro atoms. The van der Waals surface area contributed by atoms with Gasteiger partial charge in [0.15, 0.2) is 11.8 Å². The molecule has 1 aliphatic heterocycles. The van der Waals surface area contributed by atoms with Gasteiger partial charge in [0, 0.05) is 32.0 Å². The lowest BCUT2D eigenvalue weighted by Crippen LogP contribution is -2.45. The number of guanidine groups is 1. The molecule has 0 saturated heterocycles. The fourth-order valence-electron chi connectivity index (χ4n) is 3.78. The summed E-state index contributed by atoms with van der Waals surface area (Å²) in [6.45, 7) is 7.03. The molecule has 6 nitrogen and oxygen atoms in total. The number of nitrogens with zero attached hydrogens (tertiary/aromatic N) is 4. The molecule has 0 bridgehead atoms. The highest BCUT2D eigenvalue weighted by atomic mass is 127. The molecule has 3 rings (SSSR count). The van der Waals surface area contributed by atoms with E-state index in [9.17, 15) is 0 Å². The number of halogens is 1. The van der Waals surface area contributed by atoms with E-state index in [0.29, 0.717) is 6.54 Å². The van der Waals surface area contributed by atoms with E-state index in [4.69, 9.17) is 0 Å². The van der Waals surface area contributed by atoms with Gasteiger partial charge in [-0.05, 0) is 24.8 Å². The van der Waals surface area contributed by atoms with E-state index in [-0.39, 0.29) is 29.4 Å². The summed E-state index contributed by atoms with van der Waals surface area (Å²) in [7, 11) is 1.81. The first-order valence-corrected chi connectivity index (χ1v) is 9.63. The zero-order valence-corrected chi connectivity index (χ0v) is 18.9. The summed E-state index contributed by atoms with van der Waals surface area (Å²) in [5.41, 5.74) is 1.48. The van der Waals surface area contributed by atoms with E-state index < -0.39 is 0 Å². The molecule has 0 aliphatic carbocycles. The van der Waals surface area contributed by atoms with Crippen LogP contribution < -0.4 is 10.6 Å². The van der Waals surface area contributed by atoms with E-state index in [1.165, 1.54) is 5.56 Å². The Morgan fingerprint density at radius 2 is 1.89 bits per heavy atom. The monoisotopic (exact) mass is 482 g/mol. The third kappa shape index (κ3) is 4.80. The second-order valence-electron chi connectivity index (χ2n) is 6.92. The van der Waals surface area contributed by atoms with Gasteiger partial charge in [-0.1, -0.05) is 44.2 Å². The summed E-state index contributed by atoms with van der Waals surface area (Å²) >= 11 is 0. The average molecular weight is 482 g/mol. The molecule has 0 radical (unpaired) electrons. The Hall–Kier alpha value is -1.64. The van der Waals surface area contributed by atoms with E-state index in [1.54, 1.807) is 0 Å². The Morgan fingerprint density at radius 1 is 1.15 bits per heavy atom. The van der Waals surface area contributed by atoms with Gasteiger partial charge in [0.25, 0.3) is 0 Å². The third-order valence-electron chi connectivity index (χ3n) is 5.66. The number of nitrogens with one attached hydrogen (secondary N) is 2. The number of aromatic nitrogens is 3. The second-order valence-corrected chi connectivity index (χ2v) is 6.92. The Bertz CT molecular complexity index is 736. The maximum Gasteiger partial charge on any atom is 0.191 e. The predicted octanol–water partition coefficient (Wildman–Crippen LogP) is 3.27. The fraction of sp³-hybridized carbons (Fsp3) is 0.550. The second kappa shape index (κ2) is 10.1. The molecule has 1 aliphatic rings. The number of aryl methyl sites for hydroxylation is 1. The quantitative estimate of drug-likeness (QED) is 0.361. The van der Waals surface area contributed by atoms with Crippen LogP contribution in [0.2, 0.25) is 0 Å². The van der Waals surface area contributed by atoms with Crippen LogP contribution in [0.4, 0.5) is 0 Å². The first-order valence-electron chi connectivity index (χ1n) is 9.63. The Balaban J connectivity index is 0.00000261. The van der Waals surface area contributed by atoms with Crippen LogP contribution in [0.15, 0.2) is 35.3 Å². The van der Waals surface area contributed by atoms with Crippen LogP contribution in [-0.2, 0) is 24.9 Å². The smallest absolute Gasteiger partial charge is 0.191 e. The minimum Gasteiger partial charge on any atom is -0.356 e. The first kappa shape index (κ1) is 21.7. The van der Waals surface area contributed by atoms with Gasteiger partial charge in [0.05, 0.1) is 6.54 Å². The molecule has 2 heterocycles. The van der Waals surface area contributed by atoms with Crippen molar-refractivity contribution in [3.05, 3.63) is 47.5 Å². The van der Waals surface area contributed by atoms with Gasteiger partial charge in [-0.3, -0.25) is 4.99 Å². The van der Waals surface area contributed by atoms with Gasteiger partial charge >= 0.3 is 0 Å². The lowest BCUT2D eigenvalue weighted by molar-refractivity contribution is 0.389. The number of fused-ring (bicyclic) bond motifs is 1. The van der Waals surface area contributed by atoms with Crippen molar-refractivity contribution in [1.29, 1.82) is 0 Å². The molecule has 27 heavy (non-hydrogen) atoms. The molecule has 7 heteroatoms. The third-order valence-corrected chi connectivity index (χ3v) is 5.66. The van der Waals surface area contributed by atoms with Gasteiger partial charge in [-0.2, -0.15) is 0 Å². The van der Waals surface area contributed by atoms with Gasteiger partial charge in [-0.15, -0.1) is 34.2 Å². The van der Waals surface area contributed by atoms with E-state index in [1.807, 2.05) is 7.05 Å². The van der Waals surface area contributed by atoms with Crippen molar-refractivity contribution < 1.29 is 0 Å². The van der Waals surface area contributed by atoms with Crippen LogP contribution in [0.3, 0.4) is 0 Å². The maximum atomic E-state index is 4.38. The highest BCUT2D eigenvalue weighted by Gasteiger charge is 2.28. The van der Waals surface area contributed by atoms with E-state index >= 15 is 0 Å². The maximum absolute atomic E-state index is 4.38. The number of rotatable bonds is 7. The molecule has 0 saturated carbocycles. The van der Waals surface area contributed by atoms with E-state index in [0.717, 1.165) is 56.4 Å². The van der Waals surface area contributed by atoms with Crippen LogP contribution in [0.25, 0.3) is 0 Å². The van der Waals surface area contributed by atoms with Crippen molar-refractivity contribution >= 4 is 29.9 Å². The lowest BCUT2D eigenvalue weighted by Gasteiger charge is -2.33. The fourth-order valence-corrected chi connectivity index (χ4v) is 3.78. The zero-order chi connectivity index (χ0) is 18.4. The summed E-state index contributed by atoms with van der Waals surface area (Å²) in [6, 6.07) is 10.8. The van der Waals surface area contributed by atoms with Crippen LogP contribution in [0, 0.1) is 0 Å². The molecular formula is C20H31IN6. The van der Waals surface area contributed by atoms with E-state index in [2.05, 4.69) is 74.6 Å². The molecular weight excluding hydrogens is 451 g/mol. The number of hydrogen-bond donors (Lipinski definition) is 2. The Morgan fingerprint density at radius 3 is 2.56 bits per heavy atom. The van der Waals surface area contributed by atoms with Gasteiger partial charge < -0.3 is 15.2 Å². The van der Waals surface area contributed by atoms with Crippen molar-refractivity contribution in [1.82, 2.24) is 25.4 Å². The summed E-state index contributed by atoms with van der Waals surface area (Å²) in [5.74, 6) is 2.90. The molecule has 0 amide bonds. The van der Waals surface area contributed by atoms with Crippen molar-refractivity contribution in [2.75, 3.05) is 13.6 Å². The largest absolute Gasteiger partial charge is 0.356 e. The number of benzene rings is 1. The van der Waals surface area contributed by atoms with Crippen molar-refractivity contribution in [3.63, 3.8) is 0 Å². The Kier molecular flexibility index (Phi) is 8.07. The van der Waals surface area contributed by atoms with Crippen LogP contribution in [-0.4, -0.2) is 34.3 Å². The molecule has 0 fully saturated rings. The molecule has 2 N–H and O–H groups in total.